The first-order chi connectivity index (χ1) is 8.93. The van der Waals surface area contributed by atoms with Crippen LogP contribution in [0.1, 0.15) is 29.8 Å². The number of carbonyl (C=O) groups is 1. The Labute approximate surface area is 114 Å². The fourth-order valence-corrected chi connectivity index (χ4v) is 3.10. The van der Waals surface area contributed by atoms with Gasteiger partial charge in [0.1, 0.15) is 0 Å². The van der Waals surface area contributed by atoms with Crippen LogP contribution in [-0.4, -0.2) is 38.8 Å². The summed E-state index contributed by atoms with van der Waals surface area (Å²) in [5, 5.41) is 0. The van der Waals surface area contributed by atoms with Crippen LogP contribution >= 0.6 is 0 Å². The SMILES string of the molecule is CCS(=O)(=O)CCN1CCc2cc(C(C)=O)ccc21. The van der Waals surface area contributed by atoms with Gasteiger partial charge in [0.25, 0.3) is 0 Å². The molecule has 0 radical (unpaired) electrons. The number of Topliss-reactive ketones (excluding diaryl/α,β-unsaturated/α-hetero) is 1. The summed E-state index contributed by atoms with van der Waals surface area (Å²) in [5.74, 6) is 0.448. The molecule has 1 aromatic carbocycles. The third kappa shape index (κ3) is 3.15. The molecule has 1 aromatic rings. The predicted octanol–water partition coefficient (Wildman–Crippen LogP) is 1.69. The van der Waals surface area contributed by atoms with Gasteiger partial charge in [-0.25, -0.2) is 8.42 Å². The van der Waals surface area contributed by atoms with Crippen molar-refractivity contribution in [1.82, 2.24) is 0 Å². The molecular formula is C14H19NO3S. The average Bonchev–Trinajstić information content (AvgIpc) is 2.78. The van der Waals surface area contributed by atoms with Crippen molar-refractivity contribution in [3.8, 4) is 0 Å². The van der Waals surface area contributed by atoms with Gasteiger partial charge in [-0.15, -0.1) is 0 Å². The van der Waals surface area contributed by atoms with Crippen LogP contribution in [0.25, 0.3) is 0 Å². The highest BCUT2D eigenvalue weighted by atomic mass is 32.2. The highest BCUT2D eigenvalue weighted by molar-refractivity contribution is 7.91. The molecule has 104 valence electrons. The van der Waals surface area contributed by atoms with E-state index in [1.807, 2.05) is 18.2 Å². The summed E-state index contributed by atoms with van der Waals surface area (Å²) < 4.78 is 23.1. The minimum Gasteiger partial charge on any atom is -0.370 e. The van der Waals surface area contributed by atoms with Gasteiger partial charge in [0.2, 0.25) is 0 Å². The van der Waals surface area contributed by atoms with Crippen LogP contribution in [0.2, 0.25) is 0 Å². The highest BCUT2D eigenvalue weighted by Crippen LogP contribution is 2.28. The zero-order chi connectivity index (χ0) is 14.0. The molecule has 2 rings (SSSR count). The number of nitrogens with zero attached hydrogens (tertiary/aromatic N) is 1. The molecule has 0 saturated carbocycles. The minimum atomic E-state index is -2.93. The summed E-state index contributed by atoms with van der Waals surface area (Å²) in [7, 11) is -2.93. The maximum Gasteiger partial charge on any atom is 0.159 e. The minimum absolute atomic E-state index is 0.0646. The first-order valence-corrected chi connectivity index (χ1v) is 8.34. The largest absolute Gasteiger partial charge is 0.370 e. The quantitative estimate of drug-likeness (QED) is 0.771. The van der Waals surface area contributed by atoms with Gasteiger partial charge in [0.15, 0.2) is 15.6 Å². The lowest BCUT2D eigenvalue weighted by molar-refractivity contribution is 0.101. The zero-order valence-electron chi connectivity index (χ0n) is 11.3. The molecular weight excluding hydrogens is 262 g/mol. The summed E-state index contributed by atoms with van der Waals surface area (Å²) in [6, 6.07) is 5.66. The van der Waals surface area contributed by atoms with E-state index in [1.54, 1.807) is 13.8 Å². The Balaban J connectivity index is 2.12. The molecule has 0 spiro atoms. The average molecular weight is 281 g/mol. The lowest BCUT2D eigenvalue weighted by Gasteiger charge is -2.19. The number of rotatable bonds is 5. The molecule has 0 amide bonds. The fraction of sp³-hybridized carbons (Fsp3) is 0.500. The summed E-state index contributed by atoms with van der Waals surface area (Å²) >= 11 is 0. The van der Waals surface area contributed by atoms with Crippen LogP contribution < -0.4 is 4.90 Å². The van der Waals surface area contributed by atoms with E-state index in [0.717, 1.165) is 29.8 Å². The molecule has 1 aliphatic rings. The molecule has 0 fully saturated rings. The third-order valence-corrected chi connectivity index (χ3v) is 5.27. The Kier molecular flexibility index (Phi) is 3.94. The number of ketones is 1. The Morgan fingerprint density at radius 3 is 2.74 bits per heavy atom. The van der Waals surface area contributed by atoms with E-state index < -0.39 is 9.84 Å². The molecule has 4 nitrogen and oxygen atoms in total. The molecule has 0 saturated heterocycles. The Bertz CT molecular complexity index is 593. The van der Waals surface area contributed by atoms with Gasteiger partial charge in [-0.3, -0.25) is 4.79 Å². The first-order valence-electron chi connectivity index (χ1n) is 6.52. The van der Waals surface area contributed by atoms with Crippen LogP contribution in [0.15, 0.2) is 18.2 Å². The van der Waals surface area contributed by atoms with Gasteiger partial charge >= 0.3 is 0 Å². The van der Waals surface area contributed by atoms with Gasteiger partial charge in [0.05, 0.1) is 5.75 Å². The number of hydrogen-bond acceptors (Lipinski definition) is 4. The molecule has 0 aliphatic carbocycles. The van der Waals surface area contributed by atoms with Gasteiger partial charge < -0.3 is 4.90 Å². The topological polar surface area (TPSA) is 54.5 Å². The fourth-order valence-electron chi connectivity index (χ4n) is 2.31. The van der Waals surface area contributed by atoms with Gasteiger partial charge in [0, 0.05) is 30.1 Å². The van der Waals surface area contributed by atoms with E-state index >= 15 is 0 Å². The van der Waals surface area contributed by atoms with E-state index in [2.05, 4.69) is 4.90 Å². The number of carbonyl (C=O) groups excluding carboxylic acids is 1. The number of hydrogen-bond donors (Lipinski definition) is 0. The molecule has 1 aliphatic heterocycles. The molecule has 0 bridgehead atoms. The van der Waals surface area contributed by atoms with Crippen molar-refractivity contribution >= 4 is 21.3 Å². The van der Waals surface area contributed by atoms with Crippen molar-refractivity contribution < 1.29 is 13.2 Å². The molecule has 19 heavy (non-hydrogen) atoms. The maximum absolute atomic E-state index is 11.5. The number of sulfone groups is 1. The monoisotopic (exact) mass is 281 g/mol. The van der Waals surface area contributed by atoms with Crippen LogP contribution in [0.3, 0.4) is 0 Å². The standard InChI is InChI=1S/C14H19NO3S/c1-3-19(17,18)9-8-15-7-6-13-10-12(11(2)16)4-5-14(13)15/h4-5,10H,3,6-9H2,1-2H3. The predicted molar refractivity (Wildman–Crippen MR) is 76.7 cm³/mol. The van der Waals surface area contributed by atoms with Crippen molar-refractivity contribution in [2.75, 3.05) is 29.5 Å². The van der Waals surface area contributed by atoms with Crippen LogP contribution in [-0.2, 0) is 16.3 Å². The molecule has 5 heteroatoms. The van der Waals surface area contributed by atoms with Gasteiger partial charge in [-0.1, -0.05) is 6.92 Å². The van der Waals surface area contributed by atoms with E-state index in [9.17, 15) is 13.2 Å². The summed E-state index contributed by atoms with van der Waals surface area (Å²) in [6.45, 7) is 4.59. The van der Waals surface area contributed by atoms with Crippen molar-refractivity contribution in [1.29, 1.82) is 0 Å². The van der Waals surface area contributed by atoms with Crippen LogP contribution in [0, 0.1) is 0 Å². The Morgan fingerprint density at radius 2 is 2.11 bits per heavy atom. The lowest BCUT2D eigenvalue weighted by Crippen LogP contribution is -2.28. The lowest BCUT2D eigenvalue weighted by atomic mass is 10.1. The zero-order valence-corrected chi connectivity index (χ0v) is 12.2. The van der Waals surface area contributed by atoms with Crippen molar-refractivity contribution in [2.45, 2.75) is 20.3 Å². The van der Waals surface area contributed by atoms with E-state index in [-0.39, 0.29) is 17.3 Å². The van der Waals surface area contributed by atoms with Gasteiger partial charge in [-0.05, 0) is 37.1 Å². The molecule has 0 unspecified atom stereocenters. The first kappa shape index (κ1) is 14.1. The van der Waals surface area contributed by atoms with Crippen molar-refractivity contribution in [3.63, 3.8) is 0 Å². The second-order valence-corrected chi connectivity index (χ2v) is 7.35. The van der Waals surface area contributed by atoms with E-state index in [0.29, 0.717) is 6.54 Å². The summed E-state index contributed by atoms with van der Waals surface area (Å²) in [5.41, 5.74) is 2.93. The molecule has 0 aromatic heterocycles. The summed E-state index contributed by atoms with van der Waals surface area (Å²) in [4.78, 5) is 13.4. The second-order valence-electron chi connectivity index (χ2n) is 4.87. The Morgan fingerprint density at radius 1 is 1.37 bits per heavy atom. The van der Waals surface area contributed by atoms with Crippen LogP contribution in [0.5, 0.6) is 0 Å². The number of anilines is 1. The van der Waals surface area contributed by atoms with Crippen LogP contribution in [0.4, 0.5) is 5.69 Å². The normalized spacial score (nSPS) is 14.5. The number of benzene rings is 1. The van der Waals surface area contributed by atoms with Gasteiger partial charge in [-0.2, -0.15) is 0 Å². The third-order valence-electron chi connectivity index (χ3n) is 3.59. The van der Waals surface area contributed by atoms with E-state index in [4.69, 9.17) is 0 Å². The molecule has 0 atom stereocenters. The Hall–Kier alpha value is -1.36. The molecule has 1 heterocycles. The van der Waals surface area contributed by atoms with Crippen molar-refractivity contribution in [3.05, 3.63) is 29.3 Å². The van der Waals surface area contributed by atoms with E-state index in [1.165, 1.54) is 0 Å². The van der Waals surface area contributed by atoms with Crippen molar-refractivity contribution in [2.24, 2.45) is 0 Å². The maximum atomic E-state index is 11.5. The smallest absolute Gasteiger partial charge is 0.159 e. The number of fused-ring (bicyclic) bond motifs is 1. The second kappa shape index (κ2) is 5.33. The summed E-state index contributed by atoms with van der Waals surface area (Å²) in [6.07, 6.45) is 0.878. The highest BCUT2D eigenvalue weighted by Gasteiger charge is 2.21. The molecule has 0 N–H and O–H groups in total.